The van der Waals surface area contributed by atoms with Gasteiger partial charge >= 0.3 is 6.18 Å². The smallest absolute Gasteiger partial charge is 0.295 e. The summed E-state index contributed by atoms with van der Waals surface area (Å²) in [6.07, 6.45) is -3.06. The number of nitriles is 1. The molecule has 0 spiro atoms. The Labute approximate surface area is 200 Å². The highest BCUT2D eigenvalue weighted by atomic mass is 19.4. The Hall–Kier alpha value is -3.10. The highest BCUT2D eigenvalue weighted by molar-refractivity contribution is 5.36. The highest BCUT2D eigenvalue weighted by Crippen LogP contribution is 2.38. The molecule has 3 aromatic rings. The van der Waals surface area contributed by atoms with Crippen molar-refractivity contribution in [2.24, 2.45) is 5.92 Å². The molecule has 0 aliphatic heterocycles. The van der Waals surface area contributed by atoms with Crippen LogP contribution in [-0.2, 0) is 24.7 Å². The number of rotatable bonds is 10. The van der Waals surface area contributed by atoms with Crippen molar-refractivity contribution in [2.45, 2.75) is 51.4 Å². The van der Waals surface area contributed by atoms with E-state index in [1.807, 2.05) is 50.2 Å². The van der Waals surface area contributed by atoms with E-state index < -0.39 is 17.2 Å². The fourth-order valence-corrected chi connectivity index (χ4v) is 4.45. The predicted molar refractivity (Wildman–Crippen MR) is 130 cm³/mol. The van der Waals surface area contributed by atoms with Crippen molar-refractivity contribution in [1.82, 2.24) is 4.90 Å². The van der Waals surface area contributed by atoms with E-state index in [1.165, 1.54) is 23.3 Å². The van der Waals surface area contributed by atoms with Crippen molar-refractivity contribution in [3.05, 3.63) is 107 Å². The Morgan fingerprint density at radius 2 is 1.24 bits per heavy atom. The van der Waals surface area contributed by atoms with Crippen molar-refractivity contribution in [3.63, 3.8) is 0 Å². The molecular weight excluding hydrogens is 433 g/mol. The van der Waals surface area contributed by atoms with Gasteiger partial charge in [0.15, 0.2) is 0 Å². The largest absolute Gasteiger partial charge is 0.416 e. The first kappa shape index (κ1) is 25.5. The summed E-state index contributed by atoms with van der Waals surface area (Å²) < 4.78 is 39.1. The monoisotopic (exact) mass is 464 g/mol. The van der Waals surface area contributed by atoms with E-state index in [4.69, 9.17) is 0 Å². The molecule has 0 N–H and O–H groups in total. The van der Waals surface area contributed by atoms with E-state index in [0.717, 1.165) is 38.2 Å². The second-order valence-corrected chi connectivity index (χ2v) is 9.10. The maximum atomic E-state index is 13.0. The van der Waals surface area contributed by atoms with Crippen LogP contribution in [0.5, 0.6) is 0 Å². The van der Waals surface area contributed by atoms with Gasteiger partial charge in [0.25, 0.3) is 0 Å². The third kappa shape index (κ3) is 6.48. The summed E-state index contributed by atoms with van der Waals surface area (Å²) in [7, 11) is 0. The Morgan fingerprint density at radius 3 is 1.65 bits per heavy atom. The van der Waals surface area contributed by atoms with Gasteiger partial charge in [0, 0.05) is 13.1 Å². The van der Waals surface area contributed by atoms with Gasteiger partial charge in [-0.1, -0.05) is 86.6 Å². The van der Waals surface area contributed by atoms with Crippen LogP contribution in [0.2, 0.25) is 0 Å². The second-order valence-electron chi connectivity index (χ2n) is 9.10. The van der Waals surface area contributed by atoms with Gasteiger partial charge in [-0.2, -0.15) is 18.4 Å². The molecule has 3 rings (SSSR count). The number of halogens is 3. The van der Waals surface area contributed by atoms with Crippen molar-refractivity contribution in [3.8, 4) is 6.07 Å². The molecule has 0 aliphatic rings. The third-order valence-electron chi connectivity index (χ3n) is 6.46. The molecule has 3 aromatic carbocycles. The average Bonchev–Trinajstić information content (AvgIpc) is 2.82. The Morgan fingerprint density at radius 1 is 0.765 bits per heavy atom. The average molecular weight is 465 g/mol. The number of alkyl halides is 3. The summed E-state index contributed by atoms with van der Waals surface area (Å²) in [6, 6.07) is 28.1. The second kappa shape index (κ2) is 11.4. The lowest BCUT2D eigenvalue weighted by Gasteiger charge is -2.33. The number of benzene rings is 3. The molecule has 2 nitrogen and oxygen atoms in total. The quantitative estimate of drug-likeness (QED) is 0.309. The van der Waals surface area contributed by atoms with Crippen LogP contribution in [-0.4, -0.2) is 11.4 Å². The maximum absolute atomic E-state index is 13.0. The SMILES string of the molecule is CC(C)C(C#N)(CCCN(Cc1ccccc1)Cc1ccccc1)c1ccc(C(F)(F)F)cc1. The lowest BCUT2D eigenvalue weighted by molar-refractivity contribution is -0.137. The minimum absolute atomic E-state index is 0.0362. The number of hydrogen-bond acceptors (Lipinski definition) is 2. The van der Waals surface area contributed by atoms with Crippen molar-refractivity contribution in [1.29, 1.82) is 5.26 Å². The van der Waals surface area contributed by atoms with Crippen LogP contribution < -0.4 is 0 Å². The molecular formula is C29H31F3N2. The number of nitrogens with zero attached hydrogens (tertiary/aromatic N) is 2. The summed E-state index contributed by atoms with van der Waals surface area (Å²) in [5, 5.41) is 10.2. The van der Waals surface area contributed by atoms with Gasteiger partial charge in [0.2, 0.25) is 0 Å². The van der Waals surface area contributed by atoms with Gasteiger partial charge in [-0.05, 0) is 54.1 Å². The van der Waals surface area contributed by atoms with E-state index in [0.29, 0.717) is 12.0 Å². The Bertz CT molecular complexity index is 1010. The lowest BCUT2D eigenvalue weighted by Crippen LogP contribution is -2.33. The molecule has 0 aromatic heterocycles. The van der Waals surface area contributed by atoms with Gasteiger partial charge in [-0.15, -0.1) is 0 Å². The molecule has 34 heavy (non-hydrogen) atoms. The zero-order chi connectivity index (χ0) is 24.6. The zero-order valence-corrected chi connectivity index (χ0v) is 19.7. The minimum Gasteiger partial charge on any atom is -0.295 e. The first-order valence-corrected chi connectivity index (χ1v) is 11.6. The number of hydrogen-bond donors (Lipinski definition) is 0. The van der Waals surface area contributed by atoms with Gasteiger partial charge in [0.05, 0.1) is 17.0 Å². The molecule has 178 valence electrons. The van der Waals surface area contributed by atoms with E-state index in [2.05, 4.69) is 35.2 Å². The molecule has 0 bridgehead atoms. The van der Waals surface area contributed by atoms with Crippen LogP contribution in [0.4, 0.5) is 13.2 Å². The minimum atomic E-state index is -4.39. The predicted octanol–water partition coefficient (Wildman–Crippen LogP) is 7.61. The highest BCUT2D eigenvalue weighted by Gasteiger charge is 2.37. The van der Waals surface area contributed by atoms with E-state index in [1.54, 1.807) is 0 Å². The summed E-state index contributed by atoms with van der Waals surface area (Å²) in [4.78, 5) is 2.36. The fourth-order valence-electron chi connectivity index (χ4n) is 4.45. The lowest BCUT2D eigenvalue weighted by atomic mass is 9.69. The molecule has 0 radical (unpaired) electrons. The van der Waals surface area contributed by atoms with Crippen LogP contribution in [0, 0.1) is 17.2 Å². The molecule has 0 amide bonds. The first-order valence-electron chi connectivity index (χ1n) is 11.6. The third-order valence-corrected chi connectivity index (χ3v) is 6.46. The summed E-state index contributed by atoms with van der Waals surface area (Å²) >= 11 is 0. The van der Waals surface area contributed by atoms with Crippen molar-refractivity contribution >= 4 is 0 Å². The normalized spacial score (nSPS) is 13.6. The molecule has 1 unspecified atom stereocenters. The van der Waals surface area contributed by atoms with E-state index >= 15 is 0 Å². The van der Waals surface area contributed by atoms with Crippen LogP contribution in [0.3, 0.4) is 0 Å². The van der Waals surface area contributed by atoms with E-state index in [-0.39, 0.29) is 5.92 Å². The Balaban J connectivity index is 1.76. The molecule has 0 fully saturated rings. The van der Waals surface area contributed by atoms with Gasteiger partial charge in [-0.3, -0.25) is 4.90 Å². The van der Waals surface area contributed by atoms with Gasteiger partial charge in [-0.25, -0.2) is 0 Å². The standard InChI is InChI=1S/C29H31F3N2/c1-23(2)28(22-33,26-14-16-27(17-15-26)29(30,31)32)18-9-19-34(20-24-10-5-3-6-11-24)21-25-12-7-4-8-13-25/h3-8,10-17,23H,9,18-21H2,1-2H3. The molecule has 0 saturated carbocycles. The van der Waals surface area contributed by atoms with Crippen LogP contribution in [0.25, 0.3) is 0 Å². The van der Waals surface area contributed by atoms with Crippen molar-refractivity contribution < 1.29 is 13.2 Å². The topological polar surface area (TPSA) is 27.0 Å². The summed E-state index contributed by atoms with van der Waals surface area (Å²) in [5.41, 5.74) is 1.56. The molecule has 0 heterocycles. The molecule has 0 saturated heterocycles. The maximum Gasteiger partial charge on any atom is 0.416 e. The Kier molecular flexibility index (Phi) is 8.52. The molecule has 0 aliphatic carbocycles. The zero-order valence-electron chi connectivity index (χ0n) is 19.7. The van der Waals surface area contributed by atoms with Gasteiger partial charge in [0.1, 0.15) is 0 Å². The van der Waals surface area contributed by atoms with Gasteiger partial charge < -0.3 is 0 Å². The molecule has 5 heteroatoms. The fraction of sp³-hybridized carbons (Fsp3) is 0.345. The molecule has 1 atom stereocenters. The van der Waals surface area contributed by atoms with Crippen LogP contribution in [0.1, 0.15) is 48.9 Å². The van der Waals surface area contributed by atoms with Crippen molar-refractivity contribution in [2.75, 3.05) is 6.54 Å². The first-order chi connectivity index (χ1) is 16.2. The van der Waals surface area contributed by atoms with E-state index in [9.17, 15) is 18.4 Å². The van der Waals surface area contributed by atoms with Crippen LogP contribution in [0.15, 0.2) is 84.9 Å². The summed E-state index contributed by atoms with van der Waals surface area (Å²) in [5.74, 6) is -0.0362. The summed E-state index contributed by atoms with van der Waals surface area (Å²) in [6.45, 7) is 6.29. The van der Waals surface area contributed by atoms with Crippen LogP contribution >= 0.6 is 0 Å².